The molecule has 0 aliphatic rings. The Balaban J connectivity index is 2.03. The van der Waals surface area contributed by atoms with Gasteiger partial charge in [0.15, 0.2) is 0 Å². The summed E-state index contributed by atoms with van der Waals surface area (Å²) in [7, 11) is 1.32. The van der Waals surface area contributed by atoms with E-state index in [2.05, 4.69) is 21.2 Å². The molecule has 1 N–H and O–H groups in total. The Kier molecular flexibility index (Phi) is 6.35. The predicted octanol–water partition coefficient (Wildman–Crippen LogP) is 2.89. The lowest BCUT2D eigenvalue weighted by Crippen LogP contribution is -2.43. The minimum Gasteiger partial charge on any atom is -0.467 e. The van der Waals surface area contributed by atoms with Crippen molar-refractivity contribution in [2.45, 2.75) is 18.9 Å². The van der Waals surface area contributed by atoms with Crippen LogP contribution < -0.4 is 5.32 Å². The lowest BCUT2D eigenvalue weighted by Gasteiger charge is -2.17. The molecule has 0 fully saturated rings. The van der Waals surface area contributed by atoms with Gasteiger partial charge in [0, 0.05) is 10.9 Å². The largest absolute Gasteiger partial charge is 0.467 e. The lowest BCUT2D eigenvalue weighted by molar-refractivity contribution is -0.145. The van der Waals surface area contributed by atoms with E-state index in [9.17, 15) is 9.59 Å². The van der Waals surface area contributed by atoms with Gasteiger partial charge in [-0.05, 0) is 23.3 Å². The smallest absolute Gasteiger partial charge is 0.328 e. The molecule has 2 aromatic rings. The fraction of sp³-hybridized carbons (Fsp3) is 0.222. The van der Waals surface area contributed by atoms with Crippen molar-refractivity contribution in [2.75, 3.05) is 7.11 Å². The van der Waals surface area contributed by atoms with Gasteiger partial charge in [0.2, 0.25) is 5.91 Å². The zero-order chi connectivity index (χ0) is 16.7. The van der Waals surface area contributed by atoms with E-state index in [-0.39, 0.29) is 12.3 Å². The van der Waals surface area contributed by atoms with Crippen molar-refractivity contribution in [3.63, 3.8) is 0 Å². The Bertz CT molecular complexity index is 673. The molecule has 0 radical (unpaired) electrons. The molecule has 0 aromatic heterocycles. The van der Waals surface area contributed by atoms with Crippen molar-refractivity contribution in [3.8, 4) is 0 Å². The molecule has 0 heterocycles. The molecule has 0 aliphatic carbocycles. The van der Waals surface area contributed by atoms with Crippen molar-refractivity contribution in [1.29, 1.82) is 0 Å². The normalized spacial score (nSPS) is 11.6. The first-order valence-electron chi connectivity index (χ1n) is 7.24. The third-order valence-corrected chi connectivity index (χ3v) is 3.85. The molecule has 5 heteroatoms. The molecule has 1 amide bonds. The van der Waals surface area contributed by atoms with E-state index in [0.717, 1.165) is 15.6 Å². The third-order valence-electron chi connectivity index (χ3n) is 3.36. The van der Waals surface area contributed by atoms with E-state index >= 15 is 0 Å². The van der Waals surface area contributed by atoms with Crippen LogP contribution in [0.25, 0.3) is 0 Å². The molecular weight excluding hydrogens is 358 g/mol. The van der Waals surface area contributed by atoms with Gasteiger partial charge in [0.05, 0.1) is 13.5 Å². The van der Waals surface area contributed by atoms with Crippen LogP contribution >= 0.6 is 15.9 Å². The van der Waals surface area contributed by atoms with E-state index in [1.807, 2.05) is 54.6 Å². The van der Waals surface area contributed by atoms with Crippen LogP contribution in [0.1, 0.15) is 11.1 Å². The van der Waals surface area contributed by atoms with Crippen LogP contribution in [-0.4, -0.2) is 25.0 Å². The number of halogens is 1. The molecule has 0 saturated heterocycles. The van der Waals surface area contributed by atoms with E-state index in [1.165, 1.54) is 7.11 Å². The van der Waals surface area contributed by atoms with Crippen LogP contribution in [0.2, 0.25) is 0 Å². The van der Waals surface area contributed by atoms with Crippen molar-refractivity contribution >= 4 is 27.8 Å². The Hall–Kier alpha value is -2.14. The van der Waals surface area contributed by atoms with Crippen LogP contribution in [0.3, 0.4) is 0 Å². The second-order valence-electron chi connectivity index (χ2n) is 5.14. The van der Waals surface area contributed by atoms with Gasteiger partial charge >= 0.3 is 5.97 Å². The highest BCUT2D eigenvalue weighted by molar-refractivity contribution is 9.10. The van der Waals surface area contributed by atoms with Gasteiger partial charge in [-0.15, -0.1) is 0 Å². The van der Waals surface area contributed by atoms with Gasteiger partial charge in [0.1, 0.15) is 6.04 Å². The second-order valence-corrected chi connectivity index (χ2v) is 6.06. The maximum absolute atomic E-state index is 12.2. The molecule has 0 bridgehead atoms. The quantitative estimate of drug-likeness (QED) is 0.789. The summed E-state index contributed by atoms with van der Waals surface area (Å²) in [6, 6.07) is 16.3. The minimum atomic E-state index is -0.703. The standard InChI is InChI=1S/C18H18BrNO3/c1-23-18(22)16(11-14-8-5-9-15(19)10-14)20-17(21)12-13-6-3-2-4-7-13/h2-10,16H,11-12H2,1H3,(H,20,21)/t16-/m1/s1. The third kappa shape index (κ3) is 5.53. The van der Waals surface area contributed by atoms with Crippen molar-refractivity contribution < 1.29 is 14.3 Å². The molecule has 0 unspecified atom stereocenters. The average molecular weight is 376 g/mol. The molecule has 4 nitrogen and oxygen atoms in total. The molecule has 0 spiro atoms. The number of esters is 1. The number of methoxy groups -OCH3 is 1. The number of carbonyl (C=O) groups excluding carboxylic acids is 2. The zero-order valence-corrected chi connectivity index (χ0v) is 14.4. The Morgan fingerprint density at radius 3 is 2.43 bits per heavy atom. The van der Waals surface area contributed by atoms with Gasteiger partial charge in [0.25, 0.3) is 0 Å². The maximum Gasteiger partial charge on any atom is 0.328 e. The first-order valence-corrected chi connectivity index (χ1v) is 8.03. The van der Waals surface area contributed by atoms with Crippen LogP contribution in [0.15, 0.2) is 59.1 Å². The minimum absolute atomic E-state index is 0.207. The summed E-state index contributed by atoms with van der Waals surface area (Å²) >= 11 is 3.40. The second kappa shape index (κ2) is 8.48. The number of rotatable bonds is 6. The number of hydrogen-bond donors (Lipinski definition) is 1. The average Bonchev–Trinajstić information content (AvgIpc) is 2.54. The van der Waals surface area contributed by atoms with Crippen LogP contribution in [-0.2, 0) is 27.2 Å². The topological polar surface area (TPSA) is 55.4 Å². The first kappa shape index (κ1) is 17.2. The molecule has 2 rings (SSSR count). The Morgan fingerprint density at radius 2 is 1.78 bits per heavy atom. The van der Waals surface area contributed by atoms with E-state index in [0.29, 0.717) is 6.42 Å². The fourth-order valence-corrected chi connectivity index (χ4v) is 2.71. The Morgan fingerprint density at radius 1 is 1.09 bits per heavy atom. The molecule has 0 saturated carbocycles. The van der Waals surface area contributed by atoms with E-state index in [1.54, 1.807) is 0 Å². The first-order chi connectivity index (χ1) is 11.1. The van der Waals surface area contributed by atoms with E-state index in [4.69, 9.17) is 4.74 Å². The molecule has 0 aliphatic heterocycles. The molecule has 120 valence electrons. The summed E-state index contributed by atoms with van der Waals surface area (Å²) in [5.41, 5.74) is 1.84. The summed E-state index contributed by atoms with van der Waals surface area (Å²) < 4.78 is 5.73. The zero-order valence-electron chi connectivity index (χ0n) is 12.8. The number of amides is 1. The van der Waals surface area contributed by atoms with Crippen molar-refractivity contribution in [3.05, 3.63) is 70.2 Å². The number of hydrogen-bond acceptors (Lipinski definition) is 3. The van der Waals surface area contributed by atoms with Crippen LogP contribution in [0.5, 0.6) is 0 Å². The van der Waals surface area contributed by atoms with Crippen molar-refractivity contribution in [1.82, 2.24) is 5.32 Å². The highest BCUT2D eigenvalue weighted by Gasteiger charge is 2.22. The van der Waals surface area contributed by atoms with Gasteiger partial charge in [-0.1, -0.05) is 58.4 Å². The van der Waals surface area contributed by atoms with Gasteiger partial charge < -0.3 is 10.1 Å². The number of nitrogens with one attached hydrogen (secondary N) is 1. The summed E-state index contributed by atoms with van der Waals surface area (Å²) in [6.07, 6.45) is 0.611. The maximum atomic E-state index is 12.2. The number of carbonyl (C=O) groups is 2. The highest BCUT2D eigenvalue weighted by Crippen LogP contribution is 2.13. The van der Waals surface area contributed by atoms with Crippen molar-refractivity contribution in [2.24, 2.45) is 0 Å². The highest BCUT2D eigenvalue weighted by atomic mass is 79.9. The fourth-order valence-electron chi connectivity index (χ4n) is 2.26. The number of ether oxygens (including phenoxy) is 1. The van der Waals surface area contributed by atoms with Crippen LogP contribution in [0.4, 0.5) is 0 Å². The molecule has 2 aromatic carbocycles. The summed E-state index contributed by atoms with van der Waals surface area (Å²) in [5, 5.41) is 2.76. The summed E-state index contributed by atoms with van der Waals surface area (Å²) in [5.74, 6) is -0.659. The van der Waals surface area contributed by atoms with Gasteiger partial charge in [-0.25, -0.2) is 4.79 Å². The molecule has 23 heavy (non-hydrogen) atoms. The monoisotopic (exact) mass is 375 g/mol. The van der Waals surface area contributed by atoms with Crippen LogP contribution in [0, 0.1) is 0 Å². The molecular formula is C18H18BrNO3. The number of benzene rings is 2. The van der Waals surface area contributed by atoms with Gasteiger partial charge in [-0.3, -0.25) is 4.79 Å². The lowest BCUT2D eigenvalue weighted by atomic mass is 10.1. The predicted molar refractivity (Wildman–Crippen MR) is 91.9 cm³/mol. The SMILES string of the molecule is COC(=O)[C@@H](Cc1cccc(Br)c1)NC(=O)Cc1ccccc1. The molecule has 1 atom stereocenters. The van der Waals surface area contributed by atoms with E-state index < -0.39 is 12.0 Å². The summed E-state index contributed by atoms with van der Waals surface area (Å²) in [6.45, 7) is 0. The summed E-state index contributed by atoms with van der Waals surface area (Å²) in [4.78, 5) is 24.1. The Labute approximate surface area is 144 Å². The van der Waals surface area contributed by atoms with Gasteiger partial charge in [-0.2, -0.15) is 0 Å².